The number of thioether (sulfide) groups is 1. The first kappa shape index (κ1) is 26.4. The van der Waals surface area contributed by atoms with Crippen molar-refractivity contribution in [1.29, 1.82) is 0 Å². The number of hydrogen-bond donors (Lipinski definition) is 2. The first-order chi connectivity index (χ1) is 16.3. The van der Waals surface area contributed by atoms with E-state index in [-0.39, 0.29) is 31.3 Å². The Kier molecular flexibility index (Phi) is 6.59. The number of hydrogen-bond acceptors (Lipinski definition) is 7. The Hall–Kier alpha value is -1.65. The fourth-order valence-electron chi connectivity index (χ4n) is 7.38. The highest BCUT2D eigenvalue weighted by Gasteiger charge is 2.76. The van der Waals surface area contributed by atoms with Crippen LogP contribution in [0.3, 0.4) is 0 Å². The number of halogens is 3. The number of esters is 1. The summed E-state index contributed by atoms with van der Waals surface area (Å²) in [6.45, 7) is 4.47. The molecule has 4 aliphatic rings. The molecule has 0 amide bonds. The number of carbonyl (C=O) groups excluding carboxylic acids is 3. The lowest BCUT2D eigenvalue weighted by Gasteiger charge is -2.63. The van der Waals surface area contributed by atoms with Gasteiger partial charge in [0.2, 0.25) is 5.12 Å². The van der Waals surface area contributed by atoms with E-state index in [4.69, 9.17) is 4.74 Å². The monoisotopic (exact) mass is 516 g/mol. The second-order valence-corrected chi connectivity index (χ2v) is 11.7. The van der Waals surface area contributed by atoms with Crippen LogP contribution < -0.4 is 0 Å². The Morgan fingerprint density at radius 2 is 2.00 bits per heavy atom. The Morgan fingerprint density at radius 1 is 1.31 bits per heavy atom. The van der Waals surface area contributed by atoms with Crippen LogP contribution in [-0.4, -0.2) is 62.7 Å². The lowest BCUT2D eigenvalue weighted by Crippen LogP contribution is -2.70. The second-order valence-electron chi connectivity index (χ2n) is 10.8. The highest BCUT2D eigenvalue weighted by Crippen LogP contribution is 2.71. The van der Waals surface area contributed by atoms with Gasteiger partial charge in [0.05, 0.1) is 18.6 Å². The van der Waals surface area contributed by atoms with Crippen LogP contribution in [0.1, 0.15) is 52.9 Å². The van der Waals surface area contributed by atoms with Crippen LogP contribution in [0.5, 0.6) is 0 Å². The number of carbonyl (C=O) groups is 3. The van der Waals surface area contributed by atoms with Crippen molar-refractivity contribution < 1.29 is 42.5 Å². The van der Waals surface area contributed by atoms with Gasteiger partial charge < -0.3 is 14.9 Å². The van der Waals surface area contributed by atoms with Gasteiger partial charge in [0.15, 0.2) is 17.1 Å². The van der Waals surface area contributed by atoms with E-state index in [1.807, 2.05) is 0 Å². The number of fused-ring (bicyclic) bond motifs is 5. The largest absolute Gasteiger partial charge is 0.449 e. The molecule has 4 aliphatic carbocycles. The molecule has 35 heavy (non-hydrogen) atoms. The van der Waals surface area contributed by atoms with Gasteiger partial charge in [0.1, 0.15) is 12.2 Å². The van der Waals surface area contributed by atoms with Crippen LogP contribution in [0.25, 0.3) is 0 Å². The van der Waals surface area contributed by atoms with E-state index in [9.17, 15) is 29.0 Å². The molecule has 3 saturated carbocycles. The summed E-state index contributed by atoms with van der Waals surface area (Å²) >= 11 is 0.338. The maximum absolute atomic E-state index is 17.2. The van der Waals surface area contributed by atoms with Gasteiger partial charge in [-0.1, -0.05) is 13.0 Å². The van der Waals surface area contributed by atoms with Crippen molar-refractivity contribution in [3.63, 3.8) is 0 Å². The lowest BCUT2D eigenvalue weighted by atomic mass is 9.44. The lowest BCUT2D eigenvalue weighted by molar-refractivity contribution is -0.226. The Bertz CT molecular complexity index is 1000. The molecule has 9 atom stereocenters. The van der Waals surface area contributed by atoms with Gasteiger partial charge in [0.25, 0.3) is 0 Å². The zero-order valence-electron chi connectivity index (χ0n) is 19.9. The van der Waals surface area contributed by atoms with Crippen LogP contribution in [0.2, 0.25) is 0 Å². The number of aliphatic hydroxyl groups excluding tert-OH is 2. The summed E-state index contributed by atoms with van der Waals surface area (Å²) < 4.78 is 51.6. The number of ether oxygens (including phenoxy) is 1. The summed E-state index contributed by atoms with van der Waals surface area (Å²) in [4.78, 5) is 37.8. The molecule has 4 rings (SSSR count). The summed E-state index contributed by atoms with van der Waals surface area (Å²) in [5.74, 6) is -3.02. The van der Waals surface area contributed by atoms with E-state index in [0.717, 1.165) is 6.08 Å². The fraction of sp³-hybridized carbons (Fsp3) is 0.720. The summed E-state index contributed by atoms with van der Waals surface area (Å²) in [5, 5.41) is 20.2. The topological polar surface area (TPSA) is 101 Å². The smallest absolute Gasteiger partial charge is 0.309 e. The van der Waals surface area contributed by atoms with Crippen LogP contribution in [0.15, 0.2) is 23.8 Å². The number of allylic oxidation sites excluding steroid dienone is 4. The zero-order chi connectivity index (χ0) is 26.0. The minimum Gasteiger partial charge on any atom is -0.449 e. The Morgan fingerprint density at radius 3 is 2.63 bits per heavy atom. The minimum absolute atomic E-state index is 0.0110. The molecule has 0 heterocycles. The van der Waals surface area contributed by atoms with E-state index < -0.39 is 81.6 Å². The molecule has 0 aromatic rings. The third-order valence-electron chi connectivity index (χ3n) is 9.01. The molecule has 0 spiro atoms. The zero-order valence-corrected chi connectivity index (χ0v) is 20.7. The van der Waals surface area contributed by atoms with E-state index in [1.165, 1.54) is 26.0 Å². The van der Waals surface area contributed by atoms with Crippen LogP contribution in [-0.2, 0) is 19.1 Å². The molecule has 10 heteroatoms. The highest BCUT2D eigenvalue weighted by atomic mass is 32.2. The van der Waals surface area contributed by atoms with Crippen molar-refractivity contribution in [3.8, 4) is 0 Å². The third-order valence-corrected chi connectivity index (χ3v) is 9.72. The molecular formula is C25H31F3O6S. The molecule has 6 nitrogen and oxygen atoms in total. The average Bonchev–Trinajstić information content (AvgIpc) is 3.04. The van der Waals surface area contributed by atoms with E-state index in [2.05, 4.69) is 0 Å². The number of ketones is 1. The molecule has 2 N–H and O–H groups in total. The van der Waals surface area contributed by atoms with Crippen LogP contribution in [0, 0.1) is 22.7 Å². The van der Waals surface area contributed by atoms with Crippen molar-refractivity contribution in [2.75, 3.05) is 6.01 Å². The average molecular weight is 517 g/mol. The van der Waals surface area contributed by atoms with Crippen LogP contribution in [0.4, 0.5) is 13.2 Å². The van der Waals surface area contributed by atoms with Gasteiger partial charge in [-0.25, -0.2) is 13.2 Å². The van der Waals surface area contributed by atoms with E-state index in [0.29, 0.717) is 11.8 Å². The number of alkyl halides is 3. The molecule has 0 saturated heterocycles. The molecule has 0 unspecified atom stereocenters. The van der Waals surface area contributed by atoms with Crippen LogP contribution >= 0.6 is 11.8 Å². The highest BCUT2D eigenvalue weighted by molar-refractivity contribution is 8.13. The number of rotatable bonds is 5. The maximum atomic E-state index is 17.2. The van der Waals surface area contributed by atoms with Gasteiger partial charge in [-0.3, -0.25) is 14.4 Å². The van der Waals surface area contributed by atoms with Gasteiger partial charge >= 0.3 is 5.97 Å². The molecule has 0 bridgehead atoms. The van der Waals surface area contributed by atoms with Crippen molar-refractivity contribution in [2.45, 2.75) is 82.5 Å². The minimum atomic E-state index is -2.33. The fourth-order valence-corrected chi connectivity index (χ4v) is 8.09. The summed E-state index contributed by atoms with van der Waals surface area (Å²) in [6, 6.07) is -1.06. The molecule has 0 aromatic heterocycles. The molecule has 0 radical (unpaired) electrons. The second kappa shape index (κ2) is 8.73. The normalized spacial score (nSPS) is 45.1. The first-order valence-electron chi connectivity index (χ1n) is 11.9. The van der Waals surface area contributed by atoms with Gasteiger partial charge in [-0.15, -0.1) is 0 Å². The molecular weight excluding hydrogens is 485 g/mol. The molecule has 0 aromatic carbocycles. The van der Waals surface area contributed by atoms with E-state index in [1.54, 1.807) is 6.92 Å². The van der Waals surface area contributed by atoms with Gasteiger partial charge in [-0.2, -0.15) is 0 Å². The Labute approximate surface area is 206 Å². The van der Waals surface area contributed by atoms with Gasteiger partial charge in [-0.05, 0) is 74.9 Å². The third kappa shape index (κ3) is 3.57. The van der Waals surface area contributed by atoms with Crippen molar-refractivity contribution in [3.05, 3.63) is 23.8 Å². The summed E-state index contributed by atoms with van der Waals surface area (Å²) in [5.41, 5.74) is -7.08. The molecule has 194 valence electrons. The molecule has 0 aliphatic heterocycles. The maximum Gasteiger partial charge on any atom is 0.309 e. The molecule has 3 fully saturated rings. The SMILES string of the molecule is C[C@@H](O)CC(=O)O[C@]1(C(=O)SCF)CC[C@H]2[C@@H]3C[C@H](F)C4=CC(=O)C=C[C@]4(C)[C@@]3(F)[C@@H](O)C[C@@]21C. The first-order valence-corrected chi connectivity index (χ1v) is 12.8. The van der Waals surface area contributed by atoms with E-state index >= 15 is 8.78 Å². The predicted molar refractivity (Wildman–Crippen MR) is 122 cm³/mol. The predicted octanol–water partition coefficient (Wildman–Crippen LogP) is 3.54. The number of aliphatic hydroxyl groups is 2. The standard InChI is InChI=1S/C25H31F3O6S/c1-13(29)8-20(32)34-24(21(33)35-12-26)7-5-15-16-10-18(27)17-9-14(30)4-6-22(17,2)25(16,28)19(31)11-23(15,24)3/h4,6,9,13,15-16,18-19,29,31H,5,7-8,10-12H2,1-3H3/t13-,15+,16+,18+,19+,22+,23+,24+,25+/m1/s1. The van der Waals surface area contributed by atoms with Crippen molar-refractivity contribution >= 4 is 28.6 Å². The summed E-state index contributed by atoms with van der Waals surface area (Å²) in [6.07, 6.45) is -1.58. The summed E-state index contributed by atoms with van der Waals surface area (Å²) in [7, 11) is 0. The van der Waals surface area contributed by atoms with Crippen molar-refractivity contribution in [1.82, 2.24) is 0 Å². The van der Waals surface area contributed by atoms with Gasteiger partial charge in [0, 0.05) is 16.7 Å². The van der Waals surface area contributed by atoms with Crippen molar-refractivity contribution in [2.24, 2.45) is 22.7 Å². The Balaban J connectivity index is 1.80. The quantitative estimate of drug-likeness (QED) is 0.539.